The largest absolute Gasteiger partial charge is 0.454 e. The van der Waals surface area contributed by atoms with Gasteiger partial charge in [0.25, 0.3) is 5.91 Å². The van der Waals surface area contributed by atoms with Crippen LogP contribution in [0.1, 0.15) is 35.7 Å². The van der Waals surface area contributed by atoms with Gasteiger partial charge in [-0.15, -0.1) is 0 Å². The maximum atomic E-state index is 13.3. The predicted octanol–water partition coefficient (Wildman–Crippen LogP) is 3.53. The highest BCUT2D eigenvalue weighted by Crippen LogP contribution is 2.36. The number of benzene rings is 2. The smallest absolute Gasteiger partial charge is 0.259 e. The number of amides is 1. The van der Waals surface area contributed by atoms with Crippen LogP contribution in [0.3, 0.4) is 0 Å². The third kappa shape index (κ3) is 3.42. The van der Waals surface area contributed by atoms with Crippen molar-refractivity contribution in [2.75, 3.05) is 19.9 Å². The van der Waals surface area contributed by atoms with Crippen molar-refractivity contribution >= 4 is 28.4 Å². The van der Waals surface area contributed by atoms with Crippen molar-refractivity contribution < 1.29 is 19.4 Å². The first kappa shape index (κ1) is 20.8. The van der Waals surface area contributed by atoms with E-state index in [1.807, 2.05) is 23.6 Å². The number of halogens is 1. The molecule has 0 atom stereocenters. The Morgan fingerprint density at radius 3 is 2.44 bits per heavy atom. The first-order chi connectivity index (χ1) is 15.4. The predicted molar refractivity (Wildman–Crippen MR) is 120 cm³/mol. The number of carbonyl (C=O) groups excluding carboxylic acids is 1. The summed E-state index contributed by atoms with van der Waals surface area (Å²) in [4.78, 5) is 28.2. The second-order valence-electron chi connectivity index (χ2n) is 8.21. The van der Waals surface area contributed by atoms with Gasteiger partial charge in [-0.25, -0.2) is 0 Å². The lowest BCUT2D eigenvalue weighted by atomic mass is 9.84. The molecule has 8 heteroatoms. The minimum absolute atomic E-state index is 0.113. The lowest BCUT2D eigenvalue weighted by Gasteiger charge is -2.38. The quantitative estimate of drug-likeness (QED) is 0.654. The van der Waals surface area contributed by atoms with Gasteiger partial charge in [-0.3, -0.25) is 9.59 Å². The average Bonchev–Trinajstić information content (AvgIpc) is 3.26. The van der Waals surface area contributed by atoms with Crippen molar-refractivity contribution in [3.8, 4) is 11.5 Å². The van der Waals surface area contributed by atoms with Crippen LogP contribution in [0.25, 0.3) is 10.9 Å². The molecule has 2 aromatic carbocycles. The van der Waals surface area contributed by atoms with Gasteiger partial charge < -0.3 is 24.0 Å². The number of pyridine rings is 1. The molecule has 1 aromatic heterocycles. The summed E-state index contributed by atoms with van der Waals surface area (Å²) in [7, 11) is 0. The van der Waals surface area contributed by atoms with Crippen molar-refractivity contribution in [1.82, 2.24) is 9.47 Å². The average molecular weight is 455 g/mol. The lowest BCUT2D eigenvalue weighted by molar-refractivity contribution is -0.0211. The fourth-order valence-corrected chi connectivity index (χ4v) is 4.62. The van der Waals surface area contributed by atoms with E-state index in [1.54, 1.807) is 35.4 Å². The fraction of sp³-hybridized carbons (Fsp3) is 0.333. The Morgan fingerprint density at radius 1 is 1.12 bits per heavy atom. The molecule has 0 unspecified atom stereocenters. The fourth-order valence-electron chi connectivity index (χ4n) is 4.49. The monoisotopic (exact) mass is 454 g/mol. The van der Waals surface area contributed by atoms with Crippen LogP contribution in [-0.2, 0) is 12.1 Å². The molecule has 0 aliphatic carbocycles. The first-order valence-electron chi connectivity index (χ1n) is 10.6. The number of fused-ring (bicyclic) bond motifs is 2. The molecule has 0 radical (unpaired) electrons. The van der Waals surface area contributed by atoms with Crippen LogP contribution in [0.15, 0.2) is 47.4 Å². The van der Waals surface area contributed by atoms with Gasteiger partial charge in [0, 0.05) is 36.9 Å². The summed E-state index contributed by atoms with van der Waals surface area (Å²) >= 11 is 5.96. The number of aliphatic hydroxyl groups is 1. The summed E-state index contributed by atoms with van der Waals surface area (Å²) in [5.41, 5.74) is 0.256. The number of rotatable bonds is 3. The molecule has 3 aromatic rings. The summed E-state index contributed by atoms with van der Waals surface area (Å²) in [5, 5.41) is 12.1. The van der Waals surface area contributed by atoms with Gasteiger partial charge in [0.05, 0.1) is 16.5 Å². The molecule has 166 valence electrons. The molecule has 1 fully saturated rings. The Morgan fingerprint density at radius 2 is 1.78 bits per heavy atom. The second-order valence-corrected chi connectivity index (χ2v) is 8.65. The number of aryl methyl sites for hydroxylation is 1. The molecular weight excluding hydrogens is 432 g/mol. The highest BCUT2D eigenvalue weighted by Gasteiger charge is 2.36. The van der Waals surface area contributed by atoms with Gasteiger partial charge in [-0.1, -0.05) is 23.7 Å². The van der Waals surface area contributed by atoms with Crippen LogP contribution < -0.4 is 14.9 Å². The highest BCUT2D eigenvalue weighted by molar-refractivity contribution is 6.30. The standard InChI is InChI=1S/C24H23ClN2O5/c1-2-26-13-18(22(28)17-11-20-21(12-19(17)26)32-14-31-20)23(29)27-9-7-24(30,8-10-27)15-3-5-16(25)6-4-15/h3-6,11-13,30H,2,7-10,14H2,1H3. The van der Waals surface area contributed by atoms with Crippen molar-refractivity contribution in [3.63, 3.8) is 0 Å². The Labute approximate surface area is 189 Å². The minimum Gasteiger partial charge on any atom is -0.454 e. The molecule has 2 aliphatic heterocycles. The van der Waals surface area contributed by atoms with Crippen molar-refractivity contribution in [3.05, 3.63) is 69.0 Å². The van der Waals surface area contributed by atoms with Crippen molar-refractivity contribution in [2.45, 2.75) is 31.9 Å². The van der Waals surface area contributed by atoms with E-state index in [-0.39, 0.29) is 23.7 Å². The van der Waals surface area contributed by atoms with E-state index < -0.39 is 5.60 Å². The summed E-state index contributed by atoms with van der Waals surface area (Å²) in [6.07, 6.45) is 2.39. The number of nitrogens with zero attached hydrogens (tertiary/aromatic N) is 2. The molecule has 3 heterocycles. The number of likely N-dealkylation sites (tertiary alicyclic amines) is 1. The molecule has 0 bridgehead atoms. The molecule has 7 nitrogen and oxygen atoms in total. The Hall–Kier alpha value is -3.03. The molecule has 1 amide bonds. The third-order valence-electron chi connectivity index (χ3n) is 6.41. The van der Waals surface area contributed by atoms with Crippen LogP contribution in [0.2, 0.25) is 5.02 Å². The van der Waals surface area contributed by atoms with E-state index in [1.165, 1.54) is 0 Å². The number of ether oxygens (including phenoxy) is 2. The first-order valence-corrected chi connectivity index (χ1v) is 11.0. The van der Waals surface area contributed by atoms with E-state index in [9.17, 15) is 14.7 Å². The molecule has 1 N–H and O–H groups in total. The minimum atomic E-state index is -1.02. The van der Waals surface area contributed by atoms with Crippen LogP contribution >= 0.6 is 11.6 Å². The maximum absolute atomic E-state index is 13.3. The Balaban J connectivity index is 1.44. The topological polar surface area (TPSA) is 81.0 Å². The zero-order chi connectivity index (χ0) is 22.5. The molecule has 2 aliphatic rings. The van der Waals surface area contributed by atoms with E-state index in [0.717, 1.165) is 5.56 Å². The number of hydrogen-bond donors (Lipinski definition) is 1. The Kier molecular flexibility index (Phi) is 5.10. The zero-order valence-corrected chi connectivity index (χ0v) is 18.4. The number of hydrogen-bond acceptors (Lipinski definition) is 5. The SMILES string of the molecule is CCn1cc(C(=O)N2CCC(O)(c3ccc(Cl)cc3)CC2)c(=O)c2cc3c(cc21)OCO3. The van der Waals surface area contributed by atoms with Crippen LogP contribution in [0, 0.1) is 0 Å². The van der Waals surface area contributed by atoms with E-state index in [0.29, 0.717) is 59.9 Å². The van der Waals surface area contributed by atoms with E-state index >= 15 is 0 Å². The third-order valence-corrected chi connectivity index (χ3v) is 6.66. The highest BCUT2D eigenvalue weighted by atomic mass is 35.5. The molecule has 1 saturated heterocycles. The maximum Gasteiger partial charge on any atom is 0.259 e. The number of piperidine rings is 1. The number of aromatic nitrogens is 1. The molecule has 0 spiro atoms. The van der Waals surface area contributed by atoms with Gasteiger partial charge in [0.1, 0.15) is 5.56 Å². The number of carbonyl (C=O) groups is 1. The summed E-state index contributed by atoms with van der Waals surface area (Å²) in [5.74, 6) is 0.776. The van der Waals surface area contributed by atoms with Crippen LogP contribution in [-0.4, -0.2) is 40.4 Å². The van der Waals surface area contributed by atoms with Gasteiger partial charge in [0.2, 0.25) is 12.2 Å². The summed E-state index contributed by atoms with van der Waals surface area (Å²) in [6, 6.07) is 10.6. The normalized spacial score (nSPS) is 17.0. The molecular formula is C24H23ClN2O5. The van der Waals surface area contributed by atoms with Gasteiger partial charge in [-0.05, 0) is 43.5 Å². The molecule has 5 rings (SSSR count). The lowest BCUT2D eigenvalue weighted by Crippen LogP contribution is -2.46. The second kappa shape index (κ2) is 7.83. The van der Waals surface area contributed by atoms with Gasteiger partial charge in [0.15, 0.2) is 11.5 Å². The van der Waals surface area contributed by atoms with E-state index in [2.05, 4.69) is 0 Å². The van der Waals surface area contributed by atoms with Gasteiger partial charge in [-0.2, -0.15) is 0 Å². The summed E-state index contributed by atoms with van der Waals surface area (Å²) in [6.45, 7) is 3.36. The van der Waals surface area contributed by atoms with Crippen LogP contribution in [0.4, 0.5) is 0 Å². The van der Waals surface area contributed by atoms with Gasteiger partial charge >= 0.3 is 0 Å². The van der Waals surface area contributed by atoms with Crippen molar-refractivity contribution in [1.29, 1.82) is 0 Å². The van der Waals surface area contributed by atoms with Crippen molar-refractivity contribution in [2.24, 2.45) is 0 Å². The molecule has 32 heavy (non-hydrogen) atoms. The molecule has 0 saturated carbocycles. The zero-order valence-electron chi connectivity index (χ0n) is 17.6. The van der Waals surface area contributed by atoms with Crippen LogP contribution in [0.5, 0.6) is 11.5 Å². The summed E-state index contributed by atoms with van der Waals surface area (Å²) < 4.78 is 12.7. The van der Waals surface area contributed by atoms with E-state index in [4.69, 9.17) is 21.1 Å². The Bertz CT molecular complexity index is 1260.